The first kappa shape index (κ1) is 6.70. The van der Waals surface area contributed by atoms with Crippen molar-refractivity contribution in [2.75, 3.05) is 5.75 Å². The van der Waals surface area contributed by atoms with E-state index in [2.05, 4.69) is 26.5 Å². The third-order valence-electron chi connectivity index (χ3n) is 0.408. The summed E-state index contributed by atoms with van der Waals surface area (Å²) in [5.41, 5.74) is 0. The summed E-state index contributed by atoms with van der Waals surface area (Å²) in [7, 11) is 0. The number of thioether (sulfide) groups is 1. The van der Waals surface area contributed by atoms with Gasteiger partial charge in [-0.05, 0) is 12.7 Å². The van der Waals surface area contributed by atoms with Crippen LogP contribution < -0.4 is 0 Å². The lowest BCUT2D eigenvalue weighted by atomic mass is 10.9. The van der Waals surface area contributed by atoms with Crippen LogP contribution in [0.3, 0.4) is 0 Å². The molecule has 0 N–H and O–H groups in total. The van der Waals surface area contributed by atoms with Crippen LogP contribution in [-0.4, -0.2) is 10.3 Å². The molecule has 0 aliphatic rings. The summed E-state index contributed by atoms with van der Waals surface area (Å²) in [6.45, 7) is 4.22. The van der Waals surface area contributed by atoms with Crippen molar-refractivity contribution in [1.82, 2.24) is 0 Å². The standard InChI is InChI=1S/C4H10S2/c1-3-6-4(2)5/h4-5H,3H2,1-2H3. The van der Waals surface area contributed by atoms with Crippen LogP contribution in [0.25, 0.3) is 0 Å². The van der Waals surface area contributed by atoms with E-state index in [0.717, 1.165) is 0 Å². The van der Waals surface area contributed by atoms with Crippen LogP contribution >= 0.6 is 24.4 Å². The molecule has 0 nitrogen and oxygen atoms in total. The summed E-state index contributed by atoms with van der Waals surface area (Å²) < 4.78 is 0.509. The zero-order valence-electron chi connectivity index (χ0n) is 4.14. The van der Waals surface area contributed by atoms with Crippen LogP contribution in [0, 0.1) is 0 Å². The van der Waals surface area contributed by atoms with Gasteiger partial charge in [-0.2, -0.15) is 12.6 Å². The fourth-order valence-corrected chi connectivity index (χ4v) is 1.17. The van der Waals surface area contributed by atoms with Crippen molar-refractivity contribution in [2.24, 2.45) is 0 Å². The largest absolute Gasteiger partial charge is 0.165 e. The topological polar surface area (TPSA) is 0 Å². The summed E-state index contributed by atoms with van der Waals surface area (Å²) in [6, 6.07) is 0. The number of thiol groups is 1. The summed E-state index contributed by atoms with van der Waals surface area (Å²) in [6.07, 6.45) is 0. The molecular formula is C4H10S2. The Morgan fingerprint density at radius 1 is 1.83 bits per heavy atom. The lowest BCUT2D eigenvalue weighted by Gasteiger charge is -1.95. The molecule has 0 aliphatic heterocycles. The smallest absolute Gasteiger partial charge is 0.0444 e. The molecule has 0 rings (SSSR count). The molecule has 0 saturated heterocycles. The molecule has 0 aromatic carbocycles. The minimum absolute atomic E-state index is 0.509. The van der Waals surface area contributed by atoms with Crippen LogP contribution in [0.15, 0.2) is 0 Å². The summed E-state index contributed by atoms with van der Waals surface area (Å²) in [4.78, 5) is 0. The normalized spacial score (nSPS) is 14.5. The molecule has 6 heavy (non-hydrogen) atoms. The molecule has 0 aromatic rings. The van der Waals surface area contributed by atoms with Crippen molar-refractivity contribution in [3.8, 4) is 0 Å². The van der Waals surface area contributed by atoms with Crippen LogP contribution in [0.4, 0.5) is 0 Å². The minimum Gasteiger partial charge on any atom is -0.165 e. The van der Waals surface area contributed by atoms with Crippen LogP contribution in [0.5, 0.6) is 0 Å². The summed E-state index contributed by atoms with van der Waals surface area (Å²) >= 11 is 5.99. The Bertz CT molecular complexity index is 26.7. The molecule has 0 aliphatic carbocycles. The van der Waals surface area contributed by atoms with Gasteiger partial charge in [-0.15, -0.1) is 11.8 Å². The van der Waals surface area contributed by atoms with Crippen LogP contribution in [-0.2, 0) is 0 Å². The Morgan fingerprint density at radius 3 is 2.33 bits per heavy atom. The van der Waals surface area contributed by atoms with E-state index in [9.17, 15) is 0 Å². The van der Waals surface area contributed by atoms with Gasteiger partial charge < -0.3 is 0 Å². The molecule has 0 radical (unpaired) electrons. The van der Waals surface area contributed by atoms with Gasteiger partial charge >= 0.3 is 0 Å². The van der Waals surface area contributed by atoms with Crippen molar-refractivity contribution >= 4 is 24.4 Å². The highest BCUT2D eigenvalue weighted by atomic mass is 32.2. The lowest BCUT2D eigenvalue weighted by Crippen LogP contribution is -1.79. The molecule has 0 fully saturated rings. The average molecular weight is 122 g/mol. The van der Waals surface area contributed by atoms with Gasteiger partial charge in [0.2, 0.25) is 0 Å². The zero-order valence-corrected chi connectivity index (χ0v) is 5.85. The van der Waals surface area contributed by atoms with Gasteiger partial charge in [-0.25, -0.2) is 0 Å². The highest BCUT2D eigenvalue weighted by Gasteiger charge is 1.86. The van der Waals surface area contributed by atoms with Crippen molar-refractivity contribution in [2.45, 2.75) is 18.4 Å². The zero-order chi connectivity index (χ0) is 4.99. The number of hydrogen-bond donors (Lipinski definition) is 1. The fraction of sp³-hybridized carbons (Fsp3) is 1.00. The second-order valence-electron chi connectivity index (χ2n) is 1.05. The monoisotopic (exact) mass is 122 g/mol. The van der Waals surface area contributed by atoms with Crippen LogP contribution in [0.2, 0.25) is 0 Å². The molecule has 0 spiro atoms. The summed E-state index contributed by atoms with van der Waals surface area (Å²) in [5.74, 6) is 1.17. The van der Waals surface area contributed by atoms with E-state index in [1.165, 1.54) is 5.75 Å². The van der Waals surface area contributed by atoms with Gasteiger partial charge in [0.1, 0.15) is 0 Å². The van der Waals surface area contributed by atoms with E-state index in [1.54, 1.807) is 0 Å². The molecule has 0 amide bonds. The highest BCUT2D eigenvalue weighted by molar-refractivity contribution is 8.10. The Morgan fingerprint density at radius 2 is 2.33 bits per heavy atom. The highest BCUT2D eigenvalue weighted by Crippen LogP contribution is 2.11. The van der Waals surface area contributed by atoms with Gasteiger partial charge in [-0.3, -0.25) is 0 Å². The van der Waals surface area contributed by atoms with Crippen molar-refractivity contribution in [3.63, 3.8) is 0 Å². The average Bonchev–Trinajstić information content (AvgIpc) is 1.35. The summed E-state index contributed by atoms with van der Waals surface area (Å²) in [5, 5.41) is 0. The molecule has 2 heteroatoms. The maximum atomic E-state index is 4.14. The van der Waals surface area contributed by atoms with Crippen molar-refractivity contribution in [1.29, 1.82) is 0 Å². The molecular weight excluding hydrogens is 112 g/mol. The van der Waals surface area contributed by atoms with Gasteiger partial charge in [0.05, 0.1) is 0 Å². The SMILES string of the molecule is CCSC(C)S. The van der Waals surface area contributed by atoms with E-state index in [1.807, 2.05) is 11.8 Å². The Kier molecular flexibility index (Phi) is 4.33. The molecule has 38 valence electrons. The second-order valence-corrected chi connectivity index (χ2v) is 3.80. The molecule has 1 unspecified atom stereocenters. The fourth-order valence-electron chi connectivity index (χ4n) is 0.241. The molecule has 0 heterocycles. The predicted octanol–water partition coefficient (Wildman–Crippen LogP) is 2.02. The maximum absolute atomic E-state index is 4.14. The van der Waals surface area contributed by atoms with E-state index in [4.69, 9.17) is 0 Å². The predicted molar refractivity (Wildman–Crippen MR) is 36.6 cm³/mol. The lowest BCUT2D eigenvalue weighted by molar-refractivity contribution is 1.40. The second kappa shape index (κ2) is 3.88. The van der Waals surface area contributed by atoms with Gasteiger partial charge in [0.25, 0.3) is 0 Å². The molecule has 0 bridgehead atoms. The first-order chi connectivity index (χ1) is 2.77. The third-order valence-corrected chi connectivity index (χ3v) is 1.67. The Balaban J connectivity index is 2.63. The van der Waals surface area contributed by atoms with Gasteiger partial charge in [-0.1, -0.05) is 6.92 Å². The minimum atomic E-state index is 0.509. The Labute approximate surface area is 49.1 Å². The molecule has 0 saturated carbocycles. The van der Waals surface area contributed by atoms with E-state index >= 15 is 0 Å². The Hall–Kier alpha value is 0.700. The van der Waals surface area contributed by atoms with E-state index in [0.29, 0.717) is 4.58 Å². The molecule has 0 aromatic heterocycles. The third kappa shape index (κ3) is 4.70. The maximum Gasteiger partial charge on any atom is 0.0444 e. The van der Waals surface area contributed by atoms with Gasteiger partial charge in [0, 0.05) is 4.58 Å². The van der Waals surface area contributed by atoms with Crippen molar-refractivity contribution in [3.05, 3.63) is 0 Å². The molecule has 1 atom stereocenters. The first-order valence-electron chi connectivity index (χ1n) is 2.07. The first-order valence-corrected chi connectivity index (χ1v) is 3.63. The van der Waals surface area contributed by atoms with Crippen LogP contribution in [0.1, 0.15) is 13.8 Å². The number of hydrogen-bond acceptors (Lipinski definition) is 2. The van der Waals surface area contributed by atoms with E-state index in [-0.39, 0.29) is 0 Å². The quantitative estimate of drug-likeness (QED) is 0.432. The van der Waals surface area contributed by atoms with Crippen molar-refractivity contribution < 1.29 is 0 Å². The van der Waals surface area contributed by atoms with E-state index < -0.39 is 0 Å². The number of rotatable bonds is 2. The van der Waals surface area contributed by atoms with Gasteiger partial charge in [0.15, 0.2) is 0 Å².